The maximum atomic E-state index is 12.1. The van der Waals surface area contributed by atoms with Gasteiger partial charge in [0.15, 0.2) is 11.5 Å². The summed E-state index contributed by atoms with van der Waals surface area (Å²) in [6, 6.07) is 3.55. The van der Waals surface area contributed by atoms with E-state index < -0.39 is 0 Å². The van der Waals surface area contributed by atoms with Crippen molar-refractivity contribution in [2.24, 2.45) is 0 Å². The molecule has 3 rings (SSSR count). The topological polar surface area (TPSA) is 99.9 Å². The lowest BCUT2D eigenvalue weighted by atomic mass is 10.1. The van der Waals surface area contributed by atoms with Crippen LogP contribution in [0.15, 0.2) is 36.9 Å². The maximum Gasteiger partial charge on any atom is 0.252 e. The second kappa shape index (κ2) is 9.54. The Morgan fingerprint density at radius 2 is 1.90 bits per heavy atom. The zero-order chi connectivity index (χ0) is 20.6. The van der Waals surface area contributed by atoms with E-state index in [0.29, 0.717) is 29.6 Å². The summed E-state index contributed by atoms with van der Waals surface area (Å²) in [6.07, 6.45) is 9.86. The third-order valence-electron chi connectivity index (χ3n) is 4.24. The van der Waals surface area contributed by atoms with E-state index in [0.717, 1.165) is 24.0 Å². The molecule has 0 aliphatic rings. The Hall–Kier alpha value is -3.62. The highest BCUT2D eigenvalue weighted by molar-refractivity contribution is 5.91. The van der Waals surface area contributed by atoms with Crippen LogP contribution < -0.4 is 19.5 Å². The first-order chi connectivity index (χ1) is 14.1. The van der Waals surface area contributed by atoms with Crippen molar-refractivity contribution >= 4 is 17.8 Å². The average Bonchev–Trinajstić information content (AvgIpc) is 3.22. The molecule has 9 nitrogen and oxygen atoms in total. The van der Waals surface area contributed by atoms with Gasteiger partial charge in [-0.25, -0.2) is 9.50 Å². The number of carbonyl (C=O) groups excluding carboxylic acids is 1. The molecular weight excluding hydrogens is 374 g/mol. The number of carbonyl (C=O) groups is 1. The zero-order valence-corrected chi connectivity index (χ0v) is 16.6. The van der Waals surface area contributed by atoms with Crippen molar-refractivity contribution in [3.8, 4) is 17.2 Å². The van der Waals surface area contributed by atoms with Crippen molar-refractivity contribution in [1.82, 2.24) is 24.9 Å². The molecule has 0 fully saturated rings. The monoisotopic (exact) mass is 397 g/mol. The number of fused-ring (bicyclic) bond motifs is 1. The number of hydrogen-bond donors (Lipinski definition) is 1. The summed E-state index contributed by atoms with van der Waals surface area (Å²) in [5.74, 6) is 1.97. The summed E-state index contributed by atoms with van der Waals surface area (Å²) < 4.78 is 17.6. The molecule has 1 aromatic carbocycles. The fraction of sp³-hybridized carbons (Fsp3) is 0.300. The maximum absolute atomic E-state index is 12.1. The van der Waals surface area contributed by atoms with E-state index in [2.05, 4.69) is 20.4 Å². The van der Waals surface area contributed by atoms with Crippen LogP contribution in [0.3, 0.4) is 0 Å². The van der Waals surface area contributed by atoms with Crippen molar-refractivity contribution in [2.45, 2.75) is 12.8 Å². The number of rotatable bonds is 9. The van der Waals surface area contributed by atoms with E-state index in [4.69, 9.17) is 14.2 Å². The highest BCUT2D eigenvalue weighted by atomic mass is 16.5. The molecule has 0 atom stereocenters. The molecule has 1 N–H and O–H groups in total. The molecule has 29 heavy (non-hydrogen) atoms. The number of benzene rings is 1. The third kappa shape index (κ3) is 5.01. The van der Waals surface area contributed by atoms with E-state index in [1.54, 1.807) is 50.3 Å². The zero-order valence-electron chi connectivity index (χ0n) is 16.6. The van der Waals surface area contributed by atoms with Crippen LogP contribution in [0.5, 0.6) is 17.2 Å². The van der Waals surface area contributed by atoms with Crippen LogP contribution in [0, 0.1) is 0 Å². The summed E-state index contributed by atoms with van der Waals surface area (Å²) in [5, 5.41) is 6.93. The number of nitrogens with one attached hydrogen (secondary N) is 1. The number of ether oxygens (including phenoxy) is 3. The summed E-state index contributed by atoms with van der Waals surface area (Å²) in [6.45, 7) is 0.549. The second-order valence-corrected chi connectivity index (χ2v) is 6.15. The molecule has 0 saturated heterocycles. The summed E-state index contributed by atoms with van der Waals surface area (Å²) in [4.78, 5) is 20.3. The van der Waals surface area contributed by atoms with Crippen LogP contribution >= 0.6 is 0 Å². The van der Waals surface area contributed by atoms with Gasteiger partial charge in [0.05, 0.1) is 21.3 Å². The summed E-state index contributed by atoms with van der Waals surface area (Å²) in [7, 11) is 4.64. The lowest BCUT2D eigenvalue weighted by molar-refractivity contribution is -0.116. The number of aromatic nitrogens is 4. The second-order valence-electron chi connectivity index (χ2n) is 6.15. The Morgan fingerprint density at radius 1 is 1.14 bits per heavy atom. The molecule has 0 bridgehead atoms. The van der Waals surface area contributed by atoms with Gasteiger partial charge >= 0.3 is 0 Å². The van der Waals surface area contributed by atoms with Crippen LogP contribution in [0.25, 0.3) is 11.9 Å². The molecular formula is C20H23N5O4. The van der Waals surface area contributed by atoms with Crippen LogP contribution in [0.4, 0.5) is 0 Å². The molecule has 0 saturated carbocycles. The van der Waals surface area contributed by atoms with E-state index in [1.165, 1.54) is 12.4 Å². The average molecular weight is 397 g/mol. The predicted octanol–water partition coefficient (Wildman–Crippen LogP) is 1.91. The van der Waals surface area contributed by atoms with Crippen LogP contribution in [-0.4, -0.2) is 53.4 Å². The van der Waals surface area contributed by atoms with E-state index in [1.807, 2.05) is 6.20 Å². The molecule has 2 heterocycles. The van der Waals surface area contributed by atoms with Gasteiger partial charge in [-0.2, -0.15) is 10.1 Å². The third-order valence-corrected chi connectivity index (χ3v) is 4.24. The molecule has 3 aromatic rings. The number of methoxy groups -OCH3 is 3. The minimum absolute atomic E-state index is 0.177. The summed E-state index contributed by atoms with van der Waals surface area (Å²) in [5.41, 5.74) is 1.80. The van der Waals surface area contributed by atoms with Crippen LogP contribution in [-0.2, 0) is 11.2 Å². The van der Waals surface area contributed by atoms with Gasteiger partial charge < -0.3 is 19.5 Å². The highest BCUT2D eigenvalue weighted by Crippen LogP contribution is 2.38. The fourth-order valence-electron chi connectivity index (χ4n) is 2.82. The van der Waals surface area contributed by atoms with E-state index in [-0.39, 0.29) is 5.91 Å². The SMILES string of the molecule is COc1cc(/C=C/C(=O)NCCCc2cnc3ncnn3c2)cc(OC)c1OC. The first-order valence-electron chi connectivity index (χ1n) is 9.04. The Kier molecular flexibility index (Phi) is 6.62. The molecule has 0 aliphatic carbocycles. The standard InChI is InChI=1S/C20H23N5O4/c1-27-16-9-14(10-17(28-2)19(16)29-3)6-7-18(26)21-8-4-5-15-11-22-20-23-13-24-25(20)12-15/h6-7,9-13H,4-5,8H2,1-3H3,(H,21,26)/b7-6+. The molecule has 0 aliphatic heterocycles. The van der Waals surface area contributed by atoms with Crippen molar-refractivity contribution in [3.63, 3.8) is 0 Å². The normalized spacial score (nSPS) is 11.0. The van der Waals surface area contributed by atoms with Gasteiger partial charge in [-0.3, -0.25) is 4.79 Å². The molecule has 0 unspecified atom stereocenters. The number of amides is 1. The van der Waals surface area contributed by atoms with Crippen LogP contribution in [0.1, 0.15) is 17.5 Å². The van der Waals surface area contributed by atoms with Gasteiger partial charge in [0.1, 0.15) is 6.33 Å². The number of aryl methyl sites for hydroxylation is 1. The Morgan fingerprint density at radius 3 is 2.59 bits per heavy atom. The quantitative estimate of drug-likeness (QED) is 0.435. The van der Waals surface area contributed by atoms with Crippen LogP contribution in [0.2, 0.25) is 0 Å². The summed E-state index contributed by atoms with van der Waals surface area (Å²) >= 11 is 0. The fourth-order valence-corrected chi connectivity index (χ4v) is 2.82. The molecule has 0 radical (unpaired) electrons. The van der Waals surface area contributed by atoms with Gasteiger partial charge in [-0.15, -0.1) is 0 Å². The molecule has 9 heteroatoms. The van der Waals surface area contributed by atoms with Gasteiger partial charge in [0.25, 0.3) is 5.78 Å². The minimum atomic E-state index is -0.177. The smallest absolute Gasteiger partial charge is 0.252 e. The van der Waals surface area contributed by atoms with Gasteiger partial charge in [-0.1, -0.05) is 0 Å². The van der Waals surface area contributed by atoms with Gasteiger partial charge in [-0.05, 0) is 42.2 Å². The van der Waals surface area contributed by atoms with Crippen molar-refractivity contribution in [3.05, 3.63) is 48.1 Å². The Balaban J connectivity index is 1.51. The Labute approximate surface area is 168 Å². The first-order valence-corrected chi connectivity index (χ1v) is 9.04. The number of hydrogen-bond acceptors (Lipinski definition) is 7. The van der Waals surface area contributed by atoms with Crippen molar-refractivity contribution < 1.29 is 19.0 Å². The molecule has 0 spiro atoms. The highest BCUT2D eigenvalue weighted by Gasteiger charge is 2.12. The largest absolute Gasteiger partial charge is 0.493 e. The first kappa shape index (κ1) is 20.1. The Bertz CT molecular complexity index is 990. The van der Waals surface area contributed by atoms with Gasteiger partial charge in [0, 0.05) is 25.0 Å². The molecule has 2 aromatic heterocycles. The van der Waals surface area contributed by atoms with Crippen molar-refractivity contribution in [2.75, 3.05) is 27.9 Å². The predicted molar refractivity (Wildman–Crippen MR) is 107 cm³/mol. The van der Waals surface area contributed by atoms with E-state index in [9.17, 15) is 4.79 Å². The van der Waals surface area contributed by atoms with E-state index >= 15 is 0 Å². The van der Waals surface area contributed by atoms with Gasteiger partial charge in [0.2, 0.25) is 11.7 Å². The van der Waals surface area contributed by atoms with Crippen molar-refractivity contribution in [1.29, 1.82) is 0 Å². The molecule has 1 amide bonds. The number of nitrogens with zero attached hydrogens (tertiary/aromatic N) is 4. The minimum Gasteiger partial charge on any atom is -0.493 e. The molecule has 152 valence electrons. The lowest BCUT2D eigenvalue weighted by Crippen LogP contribution is -2.22. The lowest BCUT2D eigenvalue weighted by Gasteiger charge is -2.12.